The Balaban J connectivity index is 1.03. The highest BCUT2D eigenvalue weighted by atomic mass is 15.0. The summed E-state index contributed by atoms with van der Waals surface area (Å²) >= 11 is 0. The topological polar surface area (TPSA) is 103 Å². The molecule has 0 fully saturated rings. The van der Waals surface area contributed by atoms with Crippen molar-refractivity contribution < 1.29 is 0 Å². The molecular weight excluding hydrogens is 809 g/mol. The van der Waals surface area contributed by atoms with Crippen LogP contribution in [0.2, 0.25) is 0 Å². The van der Waals surface area contributed by atoms with E-state index in [0.717, 1.165) is 83.4 Å². The van der Waals surface area contributed by atoms with Gasteiger partial charge in [-0.2, -0.15) is 0 Å². The van der Waals surface area contributed by atoms with Gasteiger partial charge in [0.15, 0.2) is 40.8 Å². The van der Waals surface area contributed by atoms with Crippen molar-refractivity contribution in [2.24, 2.45) is 0 Å². The van der Waals surface area contributed by atoms with E-state index in [-0.39, 0.29) is 0 Å². The summed E-state index contributed by atoms with van der Waals surface area (Å²) in [6, 6.07) is 69.9. The van der Waals surface area contributed by atoms with Gasteiger partial charge in [0.25, 0.3) is 0 Å². The smallest absolute Gasteiger partial charge is 0.164 e. The molecule has 312 valence electrons. The second-order valence-electron chi connectivity index (χ2n) is 16.1. The van der Waals surface area contributed by atoms with Gasteiger partial charge < -0.3 is 0 Å². The fourth-order valence-electron chi connectivity index (χ4n) is 8.35. The summed E-state index contributed by atoms with van der Waals surface area (Å²) in [5, 5.41) is 2.28. The third-order valence-electron chi connectivity index (χ3n) is 11.5. The van der Waals surface area contributed by atoms with Gasteiger partial charge >= 0.3 is 0 Å². The number of hydrogen-bond acceptors (Lipinski definition) is 8. The Morgan fingerprint density at radius 1 is 0.227 bits per heavy atom. The van der Waals surface area contributed by atoms with Crippen molar-refractivity contribution in [3.8, 4) is 102 Å². The van der Waals surface area contributed by atoms with E-state index in [1.807, 2.05) is 117 Å². The Morgan fingerprint density at radius 3 is 1.12 bits per heavy atom. The van der Waals surface area contributed by atoms with Crippen molar-refractivity contribution in [3.05, 3.63) is 218 Å². The fraction of sp³-hybridized carbons (Fsp3) is 0.0345. The first-order valence-corrected chi connectivity index (χ1v) is 21.8. The van der Waals surface area contributed by atoms with E-state index in [1.165, 1.54) is 0 Å². The molecule has 8 heteroatoms. The van der Waals surface area contributed by atoms with E-state index < -0.39 is 0 Å². The molecule has 0 radical (unpaired) electrons. The van der Waals surface area contributed by atoms with Crippen LogP contribution in [0.1, 0.15) is 11.4 Å². The van der Waals surface area contributed by atoms with Crippen LogP contribution in [0, 0.1) is 13.8 Å². The average Bonchev–Trinajstić information content (AvgIpc) is 3.38. The molecule has 0 spiro atoms. The van der Waals surface area contributed by atoms with Crippen LogP contribution in [0.25, 0.3) is 113 Å². The summed E-state index contributed by atoms with van der Waals surface area (Å²) in [5.41, 5.74) is 12.1. The summed E-state index contributed by atoms with van der Waals surface area (Å²) in [7, 11) is 0. The lowest BCUT2D eigenvalue weighted by atomic mass is 9.90. The first-order chi connectivity index (χ1) is 32.5. The Hall–Kier alpha value is -8.88. The highest BCUT2D eigenvalue weighted by Crippen LogP contribution is 2.40. The molecule has 3 aromatic heterocycles. The Bertz CT molecular complexity index is 3460. The van der Waals surface area contributed by atoms with Crippen LogP contribution in [-0.4, -0.2) is 39.9 Å². The first kappa shape index (κ1) is 39.9. The maximum atomic E-state index is 5.13. The lowest BCUT2D eigenvalue weighted by molar-refractivity contribution is 1.06. The van der Waals surface area contributed by atoms with Crippen molar-refractivity contribution in [3.63, 3.8) is 0 Å². The molecule has 0 aliphatic carbocycles. The van der Waals surface area contributed by atoms with Crippen LogP contribution in [0.15, 0.2) is 206 Å². The second kappa shape index (κ2) is 17.4. The van der Waals surface area contributed by atoms with Crippen LogP contribution in [-0.2, 0) is 0 Å². The zero-order chi connectivity index (χ0) is 44.4. The minimum absolute atomic E-state index is 0.578. The standard InChI is InChI=1S/C58H40N8/c1-37-34-38(2)60-58(59-37)51-49(40-29-31-44(32-30-40)55-62-52(41-17-6-3-7-18-41)61-53(63-55)42-19-8-4-9-20-42)26-15-27-50(51)46-24-14-25-47(36-46)56-64-54(43-21-10-5-11-22-43)65-57(66-56)48-33-28-39-16-12-13-23-45(39)35-48/h3-36H,1-2H3. The summed E-state index contributed by atoms with van der Waals surface area (Å²) in [6.07, 6.45) is 0. The van der Waals surface area contributed by atoms with Crippen LogP contribution in [0.5, 0.6) is 0 Å². The predicted octanol–water partition coefficient (Wildman–Crippen LogP) is 13.6. The molecule has 8 aromatic carbocycles. The molecule has 0 bridgehead atoms. The summed E-state index contributed by atoms with van der Waals surface area (Å²) < 4.78 is 0. The van der Waals surface area contributed by atoms with E-state index in [9.17, 15) is 0 Å². The van der Waals surface area contributed by atoms with Crippen molar-refractivity contribution >= 4 is 10.8 Å². The fourth-order valence-corrected chi connectivity index (χ4v) is 8.35. The Morgan fingerprint density at radius 2 is 0.591 bits per heavy atom. The highest BCUT2D eigenvalue weighted by Gasteiger charge is 2.20. The monoisotopic (exact) mass is 848 g/mol. The number of rotatable bonds is 9. The third kappa shape index (κ3) is 8.11. The van der Waals surface area contributed by atoms with E-state index in [0.29, 0.717) is 40.8 Å². The molecule has 0 atom stereocenters. The van der Waals surface area contributed by atoms with Crippen LogP contribution in [0.4, 0.5) is 0 Å². The zero-order valence-electron chi connectivity index (χ0n) is 36.2. The summed E-state index contributed by atoms with van der Waals surface area (Å²) in [6.45, 7) is 4.02. The van der Waals surface area contributed by atoms with Crippen molar-refractivity contribution in [1.82, 2.24) is 39.9 Å². The molecule has 0 N–H and O–H groups in total. The Labute approximate surface area is 382 Å². The molecule has 0 aliphatic rings. The van der Waals surface area contributed by atoms with E-state index in [2.05, 4.69) is 103 Å². The van der Waals surface area contributed by atoms with Crippen LogP contribution in [0.3, 0.4) is 0 Å². The molecule has 0 unspecified atom stereocenters. The molecule has 8 nitrogen and oxygen atoms in total. The molecule has 11 aromatic rings. The Kier molecular flexibility index (Phi) is 10.5. The third-order valence-corrected chi connectivity index (χ3v) is 11.5. The van der Waals surface area contributed by atoms with Gasteiger partial charge in [-0.25, -0.2) is 39.9 Å². The summed E-state index contributed by atoms with van der Waals surface area (Å²) in [4.78, 5) is 40.1. The number of hydrogen-bond donors (Lipinski definition) is 0. The average molecular weight is 849 g/mol. The summed E-state index contributed by atoms with van der Waals surface area (Å²) in [5.74, 6) is 4.26. The van der Waals surface area contributed by atoms with Crippen LogP contribution >= 0.6 is 0 Å². The lowest BCUT2D eigenvalue weighted by Gasteiger charge is -2.17. The highest BCUT2D eigenvalue weighted by molar-refractivity contribution is 5.93. The molecule has 3 heterocycles. The van der Waals surface area contributed by atoms with Gasteiger partial charge in [0, 0.05) is 50.3 Å². The van der Waals surface area contributed by atoms with Gasteiger partial charge in [0.2, 0.25) is 0 Å². The van der Waals surface area contributed by atoms with Gasteiger partial charge in [-0.15, -0.1) is 0 Å². The largest absolute Gasteiger partial charge is 0.233 e. The van der Waals surface area contributed by atoms with E-state index in [4.69, 9.17) is 39.9 Å². The van der Waals surface area contributed by atoms with Crippen molar-refractivity contribution in [1.29, 1.82) is 0 Å². The van der Waals surface area contributed by atoms with E-state index in [1.54, 1.807) is 0 Å². The maximum Gasteiger partial charge on any atom is 0.164 e. The van der Waals surface area contributed by atoms with Gasteiger partial charge in [0.1, 0.15) is 0 Å². The van der Waals surface area contributed by atoms with Gasteiger partial charge in [-0.1, -0.05) is 188 Å². The molecular formula is C58H40N8. The number of aryl methyl sites for hydroxylation is 2. The minimum Gasteiger partial charge on any atom is -0.233 e. The SMILES string of the molecule is Cc1cc(C)nc(-c2c(-c3ccc(-c4nc(-c5ccccc5)nc(-c5ccccc5)n4)cc3)cccc2-c2cccc(-c3nc(-c4ccccc4)nc(-c4ccc5ccccc5c4)n3)c2)n1. The maximum absolute atomic E-state index is 5.13. The number of benzene rings is 8. The van der Waals surface area contributed by atoms with Gasteiger partial charge in [0.05, 0.1) is 0 Å². The predicted molar refractivity (Wildman–Crippen MR) is 265 cm³/mol. The second-order valence-corrected chi connectivity index (χ2v) is 16.1. The molecule has 11 rings (SSSR count). The minimum atomic E-state index is 0.578. The number of fused-ring (bicyclic) bond motifs is 1. The molecule has 0 aliphatic heterocycles. The number of aromatic nitrogens is 8. The van der Waals surface area contributed by atoms with Gasteiger partial charge in [-0.3, -0.25) is 0 Å². The molecule has 0 amide bonds. The molecule has 0 saturated carbocycles. The molecule has 0 saturated heterocycles. The van der Waals surface area contributed by atoms with Crippen molar-refractivity contribution in [2.45, 2.75) is 13.8 Å². The normalized spacial score (nSPS) is 11.2. The van der Waals surface area contributed by atoms with Crippen molar-refractivity contribution in [2.75, 3.05) is 0 Å². The van der Waals surface area contributed by atoms with Gasteiger partial charge in [-0.05, 0) is 65.1 Å². The lowest BCUT2D eigenvalue weighted by Crippen LogP contribution is -2.01. The first-order valence-electron chi connectivity index (χ1n) is 21.8. The van der Waals surface area contributed by atoms with Crippen LogP contribution < -0.4 is 0 Å². The zero-order valence-corrected chi connectivity index (χ0v) is 36.2. The number of nitrogens with zero attached hydrogens (tertiary/aromatic N) is 8. The molecule has 66 heavy (non-hydrogen) atoms. The van der Waals surface area contributed by atoms with E-state index >= 15 is 0 Å². The quantitative estimate of drug-likeness (QED) is 0.141.